The maximum absolute atomic E-state index is 9.36. The maximum Gasteiger partial charge on any atom is 0.106 e. The Bertz CT molecular complexity index is 155. The summed E-state index contributed by atoms with van der Waals surface area (Å²) in [5.74, 6) is 0. The predicted octanol–water partition coefficient (Wildman–Crippen LogP) is -0.375. The van der Waals surface area contributed by atoms with Gasteiger partial charge in [0, 0.05) is 13.1 Å². The first-order chi connectivity index (χ1) is 6.86. The van der Waals surface area contributed by atoms with Gasteiger partial charge in [-0.1, -0.05) is 0 Å². The predicted molar refractivity (Wildman–Crippen MR) is 59.0 cm³/mol. The van der Waals surface area contributed by atoms with Crippen molar-refractivity contribution in [3.63, 3.8) is 0 Å². The molecule has 3 unspecified atom stereocenters. The Morgan fingerprint density at radius 2 is 1.33 bits per heavy atom. The summed E-state index contributed by atoms with van der Waals surface area (Å²) >= 11 is 0. The van der Waals surface area contributed by atoms with Crippen LogP contribution in [0.3, 0.4) is 0 Å². The van der Waals surface area contributed by atoms with Crippen molar-refractivity contribution in [2.45, 2.75) is 45.9 Å². The average Bonchev–Trinajstić information content (AvgIpc) is 2.10. The van der Waals surface area contributed by atoms with Crippen molar-refractivity contribution in [3.8, 4) is 0 Å². The Hall–Kier alpha value is -0.200. The Morgan fingerprint density at radius 1 is 0.867 bits per heavy atom. The Balaban J connectivity index is 3.81. The van der Waals surface area contributed by atoms with E-state index in [9.17, 15) is 15.3 Å². The Kier molecular flexibility index (Phi) is 7.04. The lowest BCUT2D eigenvalue weighted by atomic mass is 10.3. The van der Waals surface area contributed by atoms with E-state index in [1.54, 1.807) is 25.7 Å². The normalized spacial score (nSPS) is 18.2. The van der Waals surface area contributed by atoms with Crippen LogP contribution in [-0.4, -0.2) is 63.9 Å². The highest BCUT2D eigenvalue weighted by Crippen LogP contribution is 2.03. The van der Waals surface area contributed by atoms with Crippen molar-refractivity contribution in [1.82, 2.24) is 9.80 Å². The van der Waals surface area contributed by atoms with Gasteiger partial charge in [-0.05, 0) is 34.2 Å². The van der Waals surface area contributed by atoms with Crippen LogP contribution in [0.2, 0.25) is 0 Å². The fraction of sp³-hybridized carbons (Fsp3) is 1.00. The highest BCUT2D eigenvalue weighted by atomic mass is 16.3. The van der Waals surface area contributed by atoms with Gasteiger partial charge in [0.1, 0.15) is 18.7 Å². The summed E-state index contributed by atoms with van der Waals surface area (Å²) in [6.07, 6.45) is -0.975. The zero-order valence-corrected chi connectivity index (χ0v) is 10.1. The summed E-state index contributed by atoms with van der Waals surface area (Å²) in [5, 5.41) is 27.9. The third kappa shape index (κ3) is 6.06. The van der Waals surface area contributed by atoms with Gasteiger partial charge in [-0.2, -0.15) is 0 Å². The second-order valence-electron chi connectivity index (χ2n) is 3.97. The fourth-order valence-corrected chi connectivity index (χ4v) is 1.38. The van der Waals surface area contributed by atoms with Crippen LogP contribution in [0.25, 0.3) is 0 Å². The van der Waals surface area contributed by atoms with Crippen molar-refractivity contribution >= 4 is 0 Å². The molecule has 0 radical (unpaired) electrons. The van der Waals surface area contributed by atoms with Gasteiger partial charge in [0.05, 0.1) is 0 Å². The number of aliphatic hydroxyl groups is 3. The van der Waals surface area contributed by atoms with Gasteiger partial charge in [-0.25, -0.2) is 0 Å². The average molecular weight is 220 g/mol. The molecule has 0 fully saturated rings. The highest BCUT2D eigenvalue weighted by Gasteiger charge is 2.15. The minimum atomic E-state index is -0.651. The van der Waals surface area contributed by atoms with Gasteiger partial charge in [0.25, 0.3) is 0 Å². The van der Waals surface area contributed by atoms with Crippen LogP contribution in [0.4, 0.5) is 0 Å². The molecule has 0 aromatic heterocycles. The van der Waals surface area contributed by atoms with E-state index in [4.69, 9.17) is 0 Å². The zero-order chi connectivity index (χ0) is 12.0. The quantitative estimate of drug-likeness (QED) is 0.511. The molecule has 3 atom stereocenters. The summed E-state index contributed by atoms with van der Waals surface area (Å²) in [6.45, 7) is 6.30. The first-order valence-electron chi connectivity index (χ1n) is 5.36. The number of nitrogens with zero attached hydrogens (tertiary/aromatic N) is 2. The van der Waals surface area contributed by atoms with E-state index in [-0.39, 0.29) is 0 Å². The van der Waals surface area contributed by atoms with E-state index in [0.717, 1.165) is 13.0 Å². The largest absolute Gasteiger partial charge is 0.379 e. The minimum absolute atomic E-state index is 0.462. The Morgan fingerprint density at radius 3 is 1.67 bits per heavy atom. The zero-order valence-electron chi connectivity index (χ0n) is 10.1. The number of aliphatic hydroxyl groups excluding tert-OH is 3. The fourth-order valence-electron chi connectivity index (χ4n) is 1.38. The van der Waals surface area contributed by atoms with Gasteiger partial charge in [0.2, 0.25) is 0 Å². The van der Waals surface area contributed by atoms with E-state index in [1.807, 2.05) is 11.9 Å². The molecule has 0 bridgehead atoms. The molecule has 0 heterocycles. The molecule has 5 heteroatoms. The molecule has 0 saturated heterocycles. The molecule has 5 nitrogen and oxygen atoms in total. The molecule has 92 valence electrons. The van der Waals surface area contributed by atoms with E-state index < -0.39 is 18.7 Å². The molecule has 0 rings (SSSR count). The maximum atomic E-state index is 9.36. The van der Waals surface area contributed by atoms with Gasteiger partial charge < -0.3 is 15.3 Å². The van der Waals surface area contributed by atoms with Gasteiger partial charge in [-0.3, -0.25) is 9.80 Å². The van der Waals surface area contributed by atoms with Gasteiger partial charge in [-0.15, -0.1) is 0 Å². The van der Waals surface area contributed by atoms with E-state index in [2.05, 4.69) is 0 Å². The highest BCUT2D eigenvalue weighted by molar-refractivity contribution is 4.61. The molecule has 15 heavy (non-hydrogen) atoms. The molecule has 3 N–H and O–H groups in total. The van der Waals surface area contributed by atoms with Crippen LogP contribution in [0, 0.1) is 0 Å². The summed E-state index contributed by atoms with van der Waals surface area (Å²) in [7, 11) is 1.83. The second kappa shape index (κ2) is 7.14. The van der Waals surface area contributed by atoms with Crippen LogP contribution in [0.5, 0.6) is 0 Å². The van der Waals surface area contributed by atoms with Crippen molar-refractivity contribution in [3.05, 3.63) is 0 Å². The lowest BCUT2D eigenvalue weighted by Gasteiger charge is -2.29. The third-order valence-corrected chi connectivity index (χ3v) is 2.52. The Labute approximate surface area is 91.9 Å². The van der Waals surface area contributed by atoms with Crippen molar-refractivity contribution < 1.29 is 15.3 Å². The topological polar surface area (TPSA) is 67.2 Å². The van der Waals surface area contributed by atoms with Gasteiger partial charge in [0.15, 0.2) is 0 Å². The molecular weight excluding hydrogens is 196 g/mol. The van der Waals surface area contributed by atoms with Crippen molar-refractivity contribution in [2.75, 3.05) is 20.1 Å². The molecule has 0 aromatic carbocycles. The first-order valence-corrected chi connectivity index (χ1v) is 5.36. The lowest BCUT2D eigenvalue weighted by molar-refractivity contribution is -0.0859. The summed E-state index contributed by atoms with van der Waals surface area (Å²) in [4.78, 5) is 3.40. The van der Waals surface area contributed by atoms with Crippen LogP contribution in [0.1, 0.15) is 27.2 Å². The molecule has 0 saturated carbocycles. The lowest BCUT2D eigenvalue weighted by Crippen LogP contribution is -2.42. The summed E-state index contributed by atoms with van der Waals surface area (Å²) < 4.78 is 0. The SMILES string of the molecule is CC(O)N(C)CCCN(C(C)O)C(C)O. The van der Waals surface area contributed by atoms with Gasteiger partial charge >= 0.3 is 0 Å². The van der Waals surface area contributed by atoms with Crippen molar-refractivity contribution in [1.29, 1.82) is 0 Å². The van der Waals surface area contributed by atoms with E-state index in [0.29, 0.717) is 6.54 Å². The van der Waals surface area contributed by atoms with Crippen LogP contribution in [-0.2, 0) is 0 Å². The number of hydrogen-bond acceptors (Lipinski definition) is 5. The monoisotopic (exact) mass is 220 g/mol. The van der Waals surface area contributed by atoms with Crippen LogP contribution in [0.15, 0.2) is 0 Å². The van der Waals surface area contributed by atoms with Crippen LogP contribution < -0.4 is 0 Å². The van der Waals surface area contributed by atoms with E-state index in [1.165, 1.54) is 0 Å². The molecule has 0 amide bonds. The van der Waals surface area contributed by atoms with E-state index >= 15 is 0 Å². The number of rotatable bonds is 7. The number of hydrogen-bond donors (Lipinski definition) is 3. The molecule has 0 spiro atoms. The minimum Gasteiger partial charge on any atom is -0.379 e. The molecule has 0 aliphatic rings. The molecule has 0 aromatic rings. The molecular formula is C10H24N2O3. The smallest absolute Gasteiger partial charge is 0.106 e. The van der Waals surface area contributed by atoms with Crippen LogP contribution >= 0.6 is 0 Å². The standard InChI is InChI=1S/C10H24N2O3/c1-8(13)11(4)6-5-7-12(9(2)14)10(3)15/h8-10,13-15H,5-7H2,1-4H3. The summed E-state index contributed by atoms with van der Waals surface area (Å²) in [5.41, 5.74) is 0. The first kappa shape index (κ1) is 14.8. The summed E-state index contributed by atoms with van der Waals surface area (Å²) in [6, 6.07) is 0. The van der Waals surface area contributed by atoms with Crippen molar-refractivity contribution in [2.24, 2.45) is 0 Å². The molecule has 0 aliphatic carbocycles. The molecule has 0 aliphatic heterocycles. The third-order valence-electron chi connectivity index (χ3n) is 2.52. The second-order valence-corrected chi connectivity index (χ2v) is 3.97.